The van der Waals surface area contributed by atoms with E-state index in [1.54, 1.807) is 0 Å². The van der Waals surface area contributed by atoms with Crippen molar-refractivity contribution >= 4 is 5.78 Å². The zero-order valence-corrected chi connectivity index (χ0v) is 18.7. The van der Waals surface area contributed by atoms with Gasteiger partial charge in [0.05, 0.1) is 0 Å². The van der Waals surface area contributed by atoms with Gasteiger partial charge in [0.25, 0.3) is 0 Å². The molecule has 1 nitrogen and oxygen atoms in total. The van der Waals surface area contributed by atoms with Crippen LogP contribution in [0.25, 0.3) is 0 Å². The van der Waals surface area contributed by atoms with Crippen molar-refractivity contribution in [2.24, 2.45) is 5.92 Å². The minimum absolute atomic E-state index is 0.0939. The maximum atomic E-state index is 13.8. The molecule has 28 heavy (non-hydrogen) atoms. The molecule has 0 saturated heterocycles. The van der Waals surface area contributed by atoms with Crippen LogP contribution in [0.4, 0.5) is 0 Å². The molecule has 0 saturated carbocycles. The van der Waals surface area contributed by atoms with Gasteiger partial charge >= 0.3 is 0 Å². The molecule has 2 aromatic rings. The highest BCUT2D eigenvalue weighted by Crippen LogP contribution is 2.34. The van der Waals surface area contributed by atoms with Gasteiger partial charge in [0.1, 0.15) is 0 Å². The highest BCUT2D eigenvalue weighted by Gasteiger charge is 2.24. The normalized spacial score (nSPS) is 11.3. The number of carbonyl (C=O) groups excluding carboxylic acids is 1. The Hall–Kier alpha value is -2.33. The third-order valence-electron chi connectivity index (χ3n) is 5.03. The predicted molar refractivity (Wildman–Crippen MR) is 120 cm³/mol. The van der Waals surface area contributed by atoms with Gasteiger partial charge in [-0.1, -0.05) is 91.5 Å². The van der Waals surface area contributed by atoms with Crippen LogP contribution in [0, 0.1) is 17.8 Å². The first-order valence-electron chi connectivity index (χ1n) is 10.5. The summed E-state index contributed by atoms with van der Waals surface area (Å²) in [5.41, 5.74) is 5.98. The van der Waals surface area contributed by atoms with Gasteiger partial charge in [-0.3, -0.25) is 4.79 Å². The van der Waals surface area contributed by atoms with E-state index in [-0.39, 0.29) is 23.5 Å². The lowest BCUT2D eigenvalue weighted by Gasteiger charge is -2.22. The van der Waals surface area contributed by atoms with Crippen molar-refractivity contribution in [3.8, 4) is 11.8 Å². The first-order valence-corrected chi connectivity index (χ1v) is 10.5. The first-order chi connectivity index (χ1) is 13.1. The van der Waals surface area contributed by atoms with Crippen LogP contribution < -0.4 is 0 Å². The molecule has 0 aliphatic rings. The molecule has 0 aliphatic carbocycles. The Morgan fingerprint density at radius 3 is 1.79 bits per heavy atom. The SMILES string of the molecule is CC(C)C#Cc1ccccc1C(=O)c1c(C(C)C)cc(C(C)C)cc1C(C)C. The molecule has 1 heteroatoms. The summed E-state index contributed by atoms with van der Waals surface area (Å²) in [6, 6.07) is 12.2. The van der Waals surface area contributed by atoms with Gasteiger partial charge in [-0.2, -0.15) is 0 Å². The Morgan fingerprint density at radius 2 is 1.32 bits per heavy atom. The molecule has 0 heterocycles. The predicted octanol–water partition coefficient (Wildman–Crippen LogP) is 7.30. The smallest absolute Gasteiger partial charge is 0.194 e. The monoisotopic (exact) mass is 374 g/mol. The molecule has 2 aromatic carbocycles. The van der Waals surface area contributed by atoms with Gasteiger partial charge in [0.15, 0.2) is 5.78 Å². The molecule has 0 spiro atoms. The van der Waals surface area contributed by atoms with Crippen molar-refractivity contribution < 1.29 is 4.79 Å². The molecule has 0 N–H and O–H groups in total. The largest absolute Gasteiger partial charge is 0.289 e. The van der Waals surface area contributed by atoms with Crippen LogP contribution in [0.3, 0.4) is 0 Å². The number of ketones is 1. The molecule has 148 valence electrons. The number of hydrogen-bond donors (Lipinski definition) is 0. The van der Waals surface area contributed by atoms with Crippen molar-refractivity contribution in [1.82, 2.24) is 0 Å². The summed E-state index contributed by atoms with van der Waals surface area (Å²) in [7, 11) is 0. The topological polar surface area (TPSA) is 17.1 Å². The molecule has 0 radical (unpaired) electrons. The Bertz CT molecular complexity index is 872. The second kappa shape index (κ2) is 9.24. The van der Waals surface area contributed by atoms with Gasteiger partial charge in [0.2, 0.25) is 0 Å². The fourth-order valence-corrected chi connectivity index (χ4v) is 3.36. The Morgan fingerprint density at radius 1 is 0.786 bits per heavy atom. The molecule has 2 rings (SSSR count). The third-order valence-corrected chi connectivity index (χ3v) is 5.03. The lowest BCUT2D eigenvalue weighted by molar-refractivity contribution is 0.103. The molecular formula is C27H34O. The number of hydrogen-bond acceptors (Lipinski definition) is 1. The maximum Gasteiger partial charge on any atom is 0.194 e. The minimum Gasteiger partial charge on any atom is -0.289 e. The van der Waals surface area contributed by atoms with Gasteiger partial charge in [-0.25, -0.2) is 0 Å². The molecule has 0 fully saturated rings. The quantitative estimate of drug-likeness (QED) is 0.396. The van der Waals surface area contributed by atoms with Crippen LogP contribution >= 0.6 is 0 Å². The summed E-state index contributed by atoms with van der Waals surface area (Å²) in [6.07, 6.45) is 0. The third kappa shape index (κ3) is 4.93. The fraction of sp³-hybridized carbons (Fsp3) is 0.444. The van der Waals surface area contributed by atoms with Crippen LogP contribution in [-0.4, -0.2) is 5.78 Å². The number of benzene rings is 2. The van der Waals surface area contributed by atoms with E-state index in [9.17, 15) is 4.79 Å². The Balaban J connectivity index is 2.75. The zero-order chi connectivity index (χ0) is 21.0. The minimum atomic E-state index is 0.0939. The number of carbonyl (C=O) groups is 1. The van der Waals surface area contributed by atoms with Crippen LogP contribution in [0.5, 0.6) is 0 Å². The van der Waals surface area contributed by atoms with Crippen molar-refractivity contribution in [2.45, 2.75) is 73.1 Å². The van der Waals surface area contributed by atoms with Crippen molar-refractivity contribution in [1.29, 1.82) is 0 Å². The molecule has 0 atom stereocenters. The summed E-state index contributed by atoms with van der Waals surface area (Å²) in [6.45, 7) is 17.2. The van der Waals surface area contributed by atoms with E-state index < -0.39 is 0 Å². The van der Waals surface area contributed by atoms with E-state index in [0.717, 1.165) is 22.3 Å². The lowest BCUT2D eigenvalue weighted by Crippen LogP contribution is -2.14. The van der Waals surface area contributed by atoms with Gasteiger partial charge in [-0.15, -0.1) is 0 Å². The summed E-state index contributed by atoms with van der Waals surface area (Å²) in [5.74, 6) is 7.78. The molecule has 0 bridgehead atoms. The van der Waals surface area contributed by atoms with E-state index in [1.807, 2.05) is 24.3 Å². The van der Waals surface area contributed by atoms with Crippen molar-refractivity contribution in [3.05, 3.63) is 69.8 Å². The van der Waals surface area contributed by atoms with E-state index >= 15 is 0 Å². The summed E-state index contributed by atoms with van der Waals surface area (Å²) >= 11 is 0. The summed E-state index contributed by atoms with van der Waals surface area (Å²) in [4.78, 5) is 13.8. The van der Waals surface area contributed by atoms with Crippen LogP contribution in [0.2, 0.25) is 0 Å². The van der Waals surface area contributed by atoms with E-state index in [1.165, 1.54) is 5.56 Å². The van der Waals surface area contributed by atoms with E-state index in [0.29, 0.717) is 11.5 Å². The van der Waals surface area contributed by atoms with E-state index in [4.69, 9.17) is 0 Å². The summed E-state index contributed by atoms with van der Waals surface area (Å²) in [5, 5.41) is 0. The van der Waals surface area contributed by atoms with Crippen LogP contribution in [0.15, 0.2) is 36.4 Å². The van der Waals surface area contributed by atoms with Crippen molar-refractivity contribution in [2.75, 3.05) is 0 Å². The molecular weight excluding hydrogens is 340 g/mol. The van der Waals surface area contributed by atoms with Crippen LogP contribution in [0.1, 0.15) is 111 Å². The second-order valence-electron chi connectivity index (χ2n) is 8.84. The van der Waals surface area contributed by atoms with Gasteiger partial charge < -0.3 is 0 Å². The molecule has 0 aromatic heterocycles. The zero-order valence-electron chi connectivity index (χ0n) is 18.7. The highest BCUT2D eigenvalue weighted by molar-refractivity contribution is 6.12. The standard InChI is InChI=1S/C27H34O/c1-17(2)13-14-21-11-9-10-12-23(21)27(28)26-24(19(5)6)15-22(18(3)4)16-25(26)20(7)8/h9-12,15-20H,1-8H3. The molecule has 0 aliphatic heterocycles. The van der Waals surface area contributed by atoms with Gasteiger partial charge in [-0.05, 0) is 46.6 Å². The van der Waals surface area contributed by atoms with E-state index in [2.05, 4.69) is 79.4 Å². The number of rotatable bonds is 5. The first kappa shape index (κ1) is 22.0. The van der Waals surface area contributed by atoms with Crippen molar-refractivity contribution in [3.63, 3.8) is 0 Å². The van der Waals surface area contributed by atoms with Crippen LogP contribution in [-0.2, 0) is 0 Å². The summed E-state index contributed by atoms with van der Waals surface area (Å²) < 4.78 is 0. The Labute approximate surface area is 171 Å². The Kier molecular flexibility index (Phi) is 7.25. The molecule has 0 amide bonds. The fourth-order valence-electron chi connectivity index (χ4n) is 3.36. The molecule has 0 unspecified atom stereocenters. The highest BCUT2D eigenvalue weighted by atomic mass is 16.1. The lowest BCUT2D eigenvalue weighted by atomic mass is 9.81. The maximum absolute atomic E-state index is 13.8. The average molecular weight is 375 g/mol. The van der Waals surface area contributed by atoms with Gasteiger partial charge in [0, 0.05) is 22.6 Å². The second-order valence-corrected chi connectivity index (χ2v) is 8.84. The average Bonchev–Trinajstić information content (AvgIpc) is 2.64.